The molecule has 0 fully saturated rings. The fourth-order valence-electron chi connectivity index (χ4n) is 1.69. The van der Waals surface area contributed by atoms with Crippen molar-refractivity contribution in [1.29, 1.82) is 0 Å². The second-order valence-corrected chi connectivity index (χ2v) is 6.15. The van der Waals surface area contributed by atoms with Crippen LogP contribution in [-0.4, -0.2) is 21.3 Å². The highest BCUT2D eigenvalue weighted by Crippen LogP contribution is 2.42. The summed E-state index contributed by atoms with van der Waals surface area (Å²) in [4.78, 5) is 11.6. The lowest BCUT2D eigenvalue weighted by atomic mass is 10.1. The van der Waals surface area contributed by atoms with Crippen LogP contribution in [0.1, 0.15) is 5.56 Å². The second-order valence-electron chi connectivity index (χ2n) is 4.20. The van der Waals surface area contributed by atoms with Gasteiger partial charge < -0.3 is 15.3 Å². The topological polar surface area (TPSA) is 77.8 Å². The minimum Gasteiger partial charge on any atom is -0.507 e. The summed E-state index contributed by atoms with van der Waals surface area (Å²) in [7, 11) is 0. The van der Waals surface area contributed by atoms with Crippen molar-refractivity contribution in [2.75, 3.05) is 0 Å². The fraction of sp³-hybridized carbons (Fsp3) is 0.0714. The molecule has 0 spiro atoms. The molecule has 0 atom stereocenters. The van der Waals surface area contributed by atoms with Gasteiger partial charge in [-0.1, -0.05) is 35.0 Å². The summed E-state index contributed by atoms with van der Waals surface area (Å²) in [6.45, 7) is 0. The minimum absolute atomic E-state index is 0.00330. The number of benzene rings is 2. The van der Waals surface area contributed by atoms with Crippen LogP contribution >= 0.6 is 35.0 Å². The molecule has 0 amide bonds. The van der Waals surface area contributed by atoms with Crippen LogP contribution in [0.25, 0.3) is 0 Å². The SMILES string of the molecule is O=C(O)Cc1cc(Cl)cc(Sc2cc(Cl)ccc2O)c1O. The molecule has 4 nitrogen and oxygen atoms in total. The molecule has 0 aliphatic rings. The third-order valence-electron chi connectivity index (χ3n) is 2.60. The van der Waals surface area contributed by atoms with Crippen molar-refractivity contribution >= 4 is 40.9 Å². The van der Waals surface area contributed by atoms with E-state index in [0.29, 0.717) is 19.8 Å². The van der Waals surface area contributed by atoms with E-state index in [2.05, 4.69) is 0 Å². The van der Waals surface area contributed by atoms with Gasteiger partial charge in [0.2, 0.25) is 0 Å². The minimum atomic E-state index is -1.07. The molecule has 0 saturated carbocycles. The normalized spacial score (nSPS) is 10.6. The van der Waals surface area contributed by atoms with E-state index in [0.717, 1.165) is 11.8 Å². The highest BCUT2D eigenvalue weighted by atomic mass is 35.5. The number of halogens is 2. The van der Waals surface area contributed by atoms with E-state index in [-0.39, 0.29) is 23.5 Å². The van der Waals surface area contributed by atoms with Crippen LogP contribution in [0.4, 0.5) is 0 Å². The number of carbonyl (C=O) groups is 1. The van der Waals surface area contributed by atoms with E-state index >= 15 is 0 Å². The molecule has 0 aliphatic carbocycles. The Morgan fingerprint density at radius 1 is 1.05 bits per heavy atom. The van der Waals surface area contributed by atoms with Gasteiger partial charge in [-0.3, -0.25) is 4.79 Å². The van der Waals surface area contributed by atoms with Crippen molar-refractivity contribution in [3.05, 3.63) is 45.9 Å². The average Bonchev–Trinajstić information content (AvgIpc) is 2.38. The largest absolute Gasteiger partial charge is 0.507 e. The van der Waals surface area contributed by atoms with Crippen LogP contribution < -0.4 is 0 Å². The molecule has 0 aromatic heterocycles. The Morgan fingerprint density at radius 2 is 1.71 bits per heavy atom. The van der Waals surface area contributed by atoms with Gasteiger partial charge in [-0.25, -0.2) is 0 Å². The van der Waals surface area contributed by atoms with Crippen LogP contribution in [0.3, 0.4) is 0 Å². The molecule has 0 radical (unpaired) electrons. The first-order valence-electron chi connectivity index (χ1n) is 5.76. The molecule has 3 N–H and O–H groups in total. The van der Waals surface area contributed by atoms with E-state index < -0.39 is 5.97 Å². The van der Waals surface area contributed by atoms with Gasteiger partial charge in [0.1, 0.15) is 11.5 Å². The third-order valence-corrected chi connectivity index (χ3v) is 4.13. The number of aliphatic carboxylic acids is 1. The molecule has 2 aromatic carbocycles. The summed E-state index contributed by atoms with van der Waals surface area (Å²) in [5, 5.41) is 29.5. The Balaban J connectivity index is 2.42. The first-order valence-corrected chi connectivity index (χ1v) is 7.33. The zero-order chi connectivity index (χ0) is 15.6. The summed E-state index contributed by atoms with van der Waals surface area (Å²) >= 11 is 12.8. The molecular weight excluding hydrogens is 335 g/mol. The van der Waals surface area contributed by atoms with E-state index in [1.165, 1.54) is 24.3 Å². The number of carboxylic acid groups (broad SMARTS) is 1. The average molecular weight is 345 g/mol. The Hall–Kier alpha value is -1.56. The summed E-state index contributed by atoms with van der Waals surface area (Å²) in [5.41, 5.74) is 0.207. The Morgan fingerprint density at radius 3 is 2.38 bits per heavy atom. The van der Waals surface area contributed by atoms with Crippen LogP contribution in [0.15, 0.2) is 40.1 Å². The van der Waals surface area contributed by atoms with E-state index in [4.69, 9.17) is 28.3 Å². The van der Waals surface area contributed by atoms with Crippen LogP contribution in [0, 0.1) is 0 Å². The number of hydrogen-bond donors (Lipinski definition) is 3. The van der Waals surface area contributed by atoms with Crippen molar-refractivity contribution in [3.8, 4) is 11.5 Å². The molecule has 0 aliphatic heterocycles. The predicted octanol–water partition coefficient (Wildman–Crippen LogP) is 4.18. The Labute approximate surface area is 134 Å². The maximum Gasteiger partial charge on any atom is 0.307 e. The van der Waals surface area contributed by atoms with Gasteiger partial charge in [0.15, 0.2) is 0 Å². The quantitative estimate of drug-likeness (QED) is 0.775. The van der Waals surface area contributed by atoms with Crippen molar-refractivity contribution in [2.24, 2.45) is 0 Å². The monoisotopic (exact) mass is 344 g/mol. The molecule has 7 heteroatoms. The number of hydrogen-bond acceptors (Lipinski definition) is 4. The highest BCUT2D eigenvalue weighted by Gasteiger charge is 2.15. The lowest BCUT2D eigenvalue weighted by Crippen LogP contribution is -2.00. The van der Waals surface area contributed by atoms with Gasteiger partial charge in [-0.15, -0.1) is 0 Å². The van der Waals surface area contributed by atoms with Crippen LogP contribution in [-0.2, 0) is 11.2 Å². The van der Waals surface area contributed by atoms with Crippen LogP contribution in [0.2, 0.25) is 10.0 Å². The summed E-state index contributed by atoms with van der Waals surface area (Å²) in [6, 6.07) is 7.40. The van der Waals surface area contributed by atoms with E-state index in [9.17, 15) is 15.0 Å². The summed E-state index contributed by atoms with van der Waals surface area (Å²) in [5.74, 6) is -1.25. The molecule has 0 unspecified atom stereocenters. The Kier molecular flexibility index (Phi) is 4.88. The Bertz CT molecular complexity index is 704. The van der Waals surface area contributed by atoms with Gasteiger partial charge in [0, 0.05) is 15.6 Å². The van der Waals surface area contributed by atoms with Gasteiger partial charge in [-0.2, -0.15) is 0 Å². The van der Waals surface area contributed by atoms with E-state index in [1.807, 2.05) is 0 Å². The first kappa shape index (κ1) is 15.8. The standard InChI is InChI=1S/C14H10Cl2O4S/c15-8-1-2-10(17)11(5-8)21-12-6-9(16)3-7(14(12)20)4-13(18)19/h1-3,5-6,17,20H,4H2,(H,18,19). The molecule has 21 heavy (non-hydrogen) atoms. The van der Waals surface area contributed by atoms with Gasteiger partial charge in [-0.05, 0) is 30.3 Å². The van der Waals surface area contributed by atoms with E-state index in [1.54, 1.807) is 6.07 Å². The fourth-order valence-corrected chi connectivity index (χ4v) is 3.24. The van der Waals surface area contributed by atoms with Gasteiger partial charge in [0.25, 0.3) is 0 Å². The molecular formula is C14H10Cl2O4S. The second kappa shape index (κ2) is 6.47. The third kappa shape index (κ3) is 3.97. The zero-order valence-electron chi connectivity index (χ0n) is 10.5. The van der Waals surface area contributed by atoms with Crippen LogP contribution in [0.5, 0.6) is 11.5 Å². The zero-order valence-corrected chi connectivity index (χ0v) is 12.8. The number of phenolic OH excluding ortho intramolecular Hbond substituents is 2. The molecule has 110 valence electrons. The number of rotatable bonds is 4. The molecule has 0 bridgehead atoms. The molecule has 2 rings (SSSR count). The first-order chi connectivity index (χ1) is 9.86. The van der Waals surface area contributed by atoms with Crippen molar-refractivity contribution in [1.82, 2.24) is 0 Å². The maximum absolute atomic E-state index is 10.8. The van der Waals surface area contributed by atoms with Crippen molar-refractivity contribution in [2.45, 2.75) is 16.2 Å². The lowest BCUT2D eigenvalue weighted by molar-refractivity contribution is -0.136. The number of phenols is 2. The molecule has 0 saturated heterocycles. The van der Waals surface area contributed by atoms with Gasteiger partial charge >= 0.3 is 5.97 Å². The van der Waals surface area contributed by atoms with Crippen molar-refractivity contribution in [3.63, 3.8) is 0 Å². The molecule has 0 heterocycles. The smallest absolute Gasteiger partial charge is 0.307 e. The maximum atomic E-state index is 10.8. The van der Waals surface area contributed by atoms with Crippen molar-refractivity contribution < 1.29 is 20.1 Å². The summed E-state index contributed by atoms with van der Waals surface area (Å²) < 4.78 is 0. The summed E-state index contributed by atoms with van der Waals surface area (Å²) in [6.07, 6.45) is -0.346. The highest BCUT2D eigenvalue weighted by molar-refractivity contribution is 7.99. The number of carboxylic acids is 1. The lowest BCUT2D eigenvalue weighted by Gasteiger charge is -2.10. The molecule has 2 aromatic rings. The van der Waals surface area contributed by atoms with Gasteiger partial charge in [0.05, 0.1) is 16.2 Å². The predicted molar refractivity (Wildman–Crippen MR) is 81.7 cm³/mol. The number of aromatic hydroxyl groups is 2.